The Labute approximate surface area is 94.5 Å². The summed E-state index contributed by atoms with van der Waals surface area (Å²) in [6.07, 6.45) is 0. The highest BCUT2D eigenvalue weighted by atomic mass is 32.1. The van der Waals surface area contributed by atoms with Gasteiger partial charge in [0.1, 0.15) is 0 Å². The number of fused-ring (bicyclic) bond motifs is 1. The number of amides is 2. The van der Waals surface area contributed by atoms with E-state index in [9.17, 15) is 9.59 Å². The van der Waals surface area contributed by atoms with E-state index in [4.69, 9.17) is 0 Å². The molecule has 0 spiro atoms. The number of hydrogen-bond donors (Lipinski definition) is 0. The first-order valence-corrected chi connectivity index (χ1v) is 5.37. The number of nitrogens with zero attached hydrogens (tertiary/aromatic N) is 3. The molecule has 1 aliphatic heterocycles. The molecule has 2 heterocycles. The Kier molecular flexibility index (Phi) is 1.84. The van der Waals surface area contributed by atoms with Crippen LogP contribution in [0.15, 0.2) is 29.6 Å². The van der Waals surface area contributed by atoms with Crippen molar-refractivity contribution in [2.75, 3.05) is 4.90 Å². The van der Waals surface area contributed by atoms with Crippen molar-refractivity contribution in [3.63, 3.8) is 0 Å². The Morgan fingerprint density at radius 3 is 2.19 bits per heavy atom. The van der Waals surface area contributed by atoms with Gasteiger partial charge >= 0.3 is 0 Å². The molecule has 0 N–H and O–H groups in total. The van der Waals surface area contributed by atoms with Gasteiger partial charge < -0.3 is 0 Å². The molecule has 1 aromatic carbocycles. The molecule has 2 aromatic rings. The fourth-order valence-electron chi connectivity index (χ4n) is 1.65. The van der Waals surface area contributed by atoms with Gasteiger partial charge in [-0.2, -0.15) is 0 Å². The smallest absolute Gasteiger partial charge is 0.267 e. The van der Waals surface area contributed by atoms with Crippen molar-refractivity contribution in [2.45, 2.75) is 0 Å². The molecule has 0 atom stereocenters. The molecule has 0 fully saturated rings. The van der Waals surface area contributed by atoms with E-state index in [1.54, 1.807) is 29.6 Å². The first-order chi connectivity index (χ1) is 7.79. The maximum absolute atomic E-state index is 11.9. The van der Waals surface area contributed by atoms with Crippen molar-refractivity contribution in [3.05, 3.63) is 40.8 Å². The summed E-state index contributed by atoms with van der Waals surface area (Å²) in [7, 11) is 0. The third-order valence-electron chi connectivity index (χ3n) is 2.37. The fourth-order valence-corrected chi connectivity index (χ4v) is 2.08. The molecular formula is C10H5N3O2S. The van der Waals surface area contributed by atoms with Crippen LogP contribution in [0.5, 0.6) is 0 Å². The molecular weight excluding hydrogens is 226 g/mol. The second-order valence-electron chi connectivity index (χ2n) is 3.25. The quantitative estimate of drug-likeness (QED) is 0.695. The highest BCUT2D eigenvalue weighted by Gasteiger charge is 2.37. The lowest BCUT2D eigenvalue weighted by atomic mass is 10.1. The Balaban J connectivity index is 2.15. The van der Waals surface area contributed by atoms with Crippen LogP contribution in [0.25, 0.3) is 0 Å². The SMILES string of the molecule is O=C1c2ccccc2C(=O)N1c1csnn1. The maximum atomic E-state index is 11.9. The number of carbonyl (C=O) groups is 2. The molecule has 1 aromatic heterocycles. The van der Waals surface area contributed by atoms with E-state index in [0.717, 1.165) is 16.4 Å². The Bertz CT molecular complexity index is 545. The van der Waals surface area contributed by atoms with Crippen LogP contribution in [-0.2, 0) is 0 Å². The van der Waals surface area contributed by atoms with E-state index in [1.807, 2.05) is 0 Å². The number of carbonyl (C=O) groups excluding carboxylic acids is 2. The number of aromatic nitrogens is 2. The summed E-state index contributed by atoms with van der Waals surface area (Å²) in [6, 6.07) is 6.73. The van der Waals surface area contributed by atoms with Gasteiger partial charge in [0, 0.05) is 0 Å². The average Bonchev–Trinajstić information content (AvgIpc) is 2.89. The van der Waals surface area contributed by atoms with Gasteiger partial charge in [0.2, 0.25) is 0 Å². The first kappa shape index (κ1) is 9.17. The first-order valence-electron chi connectivity index (χ1n) is 4.54. The van der Waals surface area contributed by atoms with Gasteiger partial charge in [-0.15, -0.1) is 5.10 Å². The van der Waals surface area contributed by atoms with Crippen LogP contribution in [0, 0.1) is 0 Å². The highest BCUT2D eigenvalue weighted by molar-refractivity contribution is 7.03. The van der Waals surface area contributed by atoms with Gasteiger partial charge in [0.05, 0.1) is 16.5 Å². The molecule has 78 valence electrons. The molecule has 0 unspecified atom stereocenters. The van der Waals surface area contributed by atoms with Crippen LogP contribution in [0.4, 0.5) is 5.82 Å². The van der Waals surface area contributed by atoms with Crippen LogP contribution in [0.1, 0.15) is 20.7 Å². The van der Waals surface area contributed by atoms with Gasteiger partial charge in [-0.25, -0.2) is 4.90 Å². The van der Waals surface area contributed by atoms with E-state index >= 15 is 0 Å². The van der Waals surface area contributed by atoms with Crippen molar-refractivity contribution < 1.29 is 9.59 Å². The molecule has 6 heteroatoms. The number of imide groups is 1. The molecule has 0 aliphatic carbocycles. The van der Waals surface area contributed by atoms with E-state index in [2.05, 4.69) is 9.59 Å². The monoisotopic (exact) mass is 231 g/mol. The summed E-state index contributed by atoms with van der Waals surface area (Å²) in [6.45, 7) is 0. The summed E-state index contributed by atoms with van der Waals surface area (Å²) >= 11 is 1.10. The molecule has 0 radical (unpaired) electrons. The average molecular weight is 231 g/mol. The Morgan fingerprint density at radius 1 is 1.06 bits per heavy atom. The largest absolute Gasteiger partial charge is 0.268 e. The predicted octanol–water partition coefficient (Wildman–Crippen LogP) is 1.34. The zero-order valence-corrected chi connectivity index (χ0v) is 8.77. The van der Waals surface area contributed by atoms with Crippen LogP contribution in [-0.4, -0.2) is 21.4 Å². The minimum Gasteiger partial charge on any atom is -0.268 e. The molecule has 3 rings (SSSR count). The maximum Gasteiger partial charge on any atom is 0.267 e. The summed E-state index contributed by atoms with van der Waals surface area (Å²) in [5.41, 5.74) is 0.834. The van der Waals surface area contributed by atoms with E-state index in [-0.39, 0.29) is 17.6 Å². The second kappa shape index (κ2) is 3.21. The summed E-state index contributed by atoms with van der Waals surface area (Å²) < 4.78 is 3.64. The number of rotatable bonds is 1. The minimum absolute atomic E-state index is 0.288. The molecule has 0 saturated heterocycles. The number of hydrogen-bond acceptors (Lipinski definition) is 5. The molecule has 1 aliphatic rings. The zero-order valence-electron chi connectivity index (χ0n) is 7.95. The standard InChI is InChI=1S/C10H5N3O2S/c14-9-6-3-1-2-4-7(6)10(15)13(9)8-5-16-12-11-8/h1-5H. The molecule has 5 nitrogen and oxygen atoms in total. The number of benzene rings is 1. The third kappa shape index (κ3) is 1.10. The predicted molar refractivity (Wildman–Crippen MR) is 57.5 cm³/mol. The van der Waals surface area contributed by atoms with E-state index < -0.39 is 0 Å². The topological polar surface area (TPSA) is 63.2 Å². The van der Waals surface area contributed by atoms with Crippen molar-refractivity contribution in [1.82, 2.24) is 9.59 Å². The van der Waals surface area contributed by atoms with Crippen molar-refractivity contribution in [1.29, 1.82) is 0 Å². The van der Waals surface area contributed by atoms with Crippen molar-refractivity contribution in [3.8, 4) is 0 Å². The lowest BCUT2D eigenvalue weighted by Gasteiger charge is -2.07. The van der Waals surface area contributed by atoms with Gasteiger partial charge in [0.25, 0.3) is 11.8 Å². The third-order valence-corrected chi connectivity index (χ3v) is 2.86. The summed E-state index contributed by atoms with van der Waals surface area (Å²) in [4.78, 5) is 24.9. The Hall–Kier alpha value is -2.08. The molecule has 0 saturated carbocycles. The summed E-state index contributed by atoms with van der Waals surface area (Å²) in [5.74, 6) is -0.391. The van der Waals surface area contributed by atoms with Crippen molar-refractivity contribution in [2.24, 2.45) is 0 Å². The van der Waals surface area contributed by atoms with Crippen LogP contribution >= 0.6 is 11.5 Å². The van der Waals surface area contributed by atoms with Crippen LogP contribution in [0.3, 0.4) is 0 Å². The molecule has 0 bridgehead atoms. The van der Waals surface area contributed by atoms with Gasteiger partial charge in [-0.3, -0.25) is 9.59 Å². The molecule has 16 heavy (non-hydrogen) atoms. The zero-order chi connectivity index (χ0) is 11.1. The molecule has 2 amide bonds. The normalized spacial score (nSPS) is 14.4. The number of anilines is 1. The van der Waals surface area contributed by atoms with Crippen LogP contribution in [0.2, 0.25) is 0 Å². The van der Waals surface area contributed by atoms with Gasteiger partial charge in [-0.05, 0) is 23.7 Å². The van der Waals surface area contributed by atoms with Crippen LogP contribution < -0.4 is 4.90 Å². The van der Waals surface area contributed by atoms with E-state index in [0.29, 0.717) is 11.1 Å². The lowest BCUT2D eigenvalue weighted by molar-refractivity contribution is 0.0925. The van der Waals surface area contributed by atoms with Gasteiger partial charge in [0.15, 0.2) is 5.82 Å². The fraction of sp³-hybridized carbons (Fsp3) is 0. The summed E-state index contributed by atoms with van der Waals surface area (Å²) in [5, 5.41) is 5.31. The van der Waals surface area contributed by atoms with Gasteiger partial charge in [-0.1, -0.05) is 16.6 Å². The Morgan fingerprint density at radius 2 is 1.69 bits per heavy atom. The van der Waals surface area contributed by atoms with E-state index in [1.165, 1.54) is 0 Å². The minimum atomic E-state index is -0.340. The highest BCUT2D eigenvalue weighted by Crippen LogP contribution is 2.26. The lowest BCUT2D eigenvalue weighted by Crippen LogP contribution is -2.29. The second-order valence-corrected chi connectivity index (χ2v) is 3.86. The van der Waals surface area contributed by atoms with Crippen molar-refractivity contribution >= 4 is 29.2 Å².